The van der Waals surface area contributed by atoms with Crippen LogP contribution in [0.15, 0.2) is 94.9 Å². The Bertz CT molecular complexity index is 1260. The second-order valence-corrected chi connectivity index (χ2v) is 7.85. The van der Waals surface area contributed by atoms with Crippen molar-refractivity contribution < 1.29 is 48.8 Å². The van der Waals surface area contributed by atoms with Gasteiger partial charge >= 0.3 is 21.1 Å². The number of nitrogens with zero attached hydrogens (tertiary/aromatic N) is 2. The quantitative estimate of drug-likeness (QED) is 0.193. The van der Waals surface area contributed by atoms with Crippen molar-refractivity contribution in [3.8, 4) is 11.5 Å². The van der Waals surface area contributed by atoms with Crippen LogP contribution >= 0.6 is 0 Å². The average molecular weight is 686 g/mol. The molecule has 0 bridgehead atoms. The molecule has 0 saturated heterocycles. The van der Waals surface area contributed by atoms with Gasteiger partial charge in [0, 0.05) is 23.6 Å². The summed E-state index contributed by atoms with van der Waals surface area (Å²) in [6.45, 7) is 0. The molecule has 0 saturated carbocycles. The molecule has 0 spiro atoms. The molecule has 0 aliphatic heterocycles. The summed E-state index contributed by atoms with van der Waals surface area (Å²) in [6.07, 6.45) is 2.11. The van der Waals surface area contributed by atoms with E-state index in [1.54, 1.807) is 0 Å². The molecule has 2 unspecified atom stereocenters. The van der Waals surface area contributed by atoms with E-state index < -0.39 is 46.9 Å². The summed E-state index contributed by atoms with van der Waals surface area (Å²) in [5, 5.41) is 24.3. The predicted molar refractivity (Wildman–Crippen MR) is 125 cm³/mol. The third-order valence-electron chi connectivity index (χ3n) is 5.48. The van der Waals surface area contributed by atoms with Gasteiger partial charge in [-0.1, -0.05) is 60.0 Å². The molecule has 4 aromatic carbocycles. The SMILES string of the molecule is [O-]c1cccc(F)c1C=NC(c1ccc(F)cc1)C(N=Cc1c([O-])cccc1F)c1ccc(F)cc1.[Pt+2]. The summed E-state index contributed by atoms with van der Waals surface area (Å²) >= 11 is 0. The summed E-state index contributed by atoms with van der Waals surface area (Å²) < 4.78 is 55.9. The molecule has 37 heavy (non-hydrogen) atoms. The van der Waals surface area contributed by atoms with Crippen LogP contribution in [-0.4, -0.2) is 12.4 Å². The van der Waals surface area contributed by atoms with Crippen LogP contribution in [0, 0.1) is 23.3 Å². The zero-order valence-corrected chi connectivity index (χ0v) is 21.2. The van der Waals surface area contributed by atoms with E-state index in [1.165, 1.54) is 72.8 Å². The van der Waals surface area contributed by atoms with Gasteiger partial charge in [0.2, 0.25) is 0 Å². The van der Waals surface area contributed by atoms with E-state index >= 15 is 0 Å². The zero-order chi connectivity index (χ0) is 25.7. The first-order chi connectivity index (χ1) is 17.3. The topological polar surface area (TPSA) is 70.8 Å². The minimum absolute atomic E-state index is 0. The molecular weight excluding hydrogens is 667 g/mol. The van der Waals surface area contributed by atoms with E-state index in [2.05, 4.69) is 9.98 Å². The minimum atomic E-state index is -0.979. The third kappa shape index (κ3) is 6.71. The molecule has 0 fully saturated rings. The van der Waals surface area contributed by atoms with Gasteiger partial charge in [0.25, 0.3) is 0 Å². The standard InChI is InChI=1S/C28H20F4N2O2.Pt/c29-19-11-7-17(8-12-19)27(33-15-21-23(31)3-1-5-25(21)35)28(18-9-13-20(30)14-10-18)34-16-22-24(32)4-2-6-26(22)36;/h1-16,27-28,35-36H;/q;+2/p-2. The van der Waals surface area contributed by atoms with Crippen LogP contribution < -0.4 is 10.2 Å². The minimum Gasteiger partial charge on any atom is -0.872 e. The zero-order valence-electron chi connectivity index (χ0n) is 18.9. The average Bonchev–Trinajstić information content (AvgIpc) is 2.85. The molecule has 0 aromatic heterocycles. The van der Waals surface area contributed by atoms with Gasteiger partial charge in [-0.05, 0) is 47.5 Å². The summed E-state index contributed by atoms with van der Waals surface area (Å²) in [6, 6.07) is 15.7. The maximum atomic E-state index is 14.3. The molecule has 2 atom stereocenters. The molecule has 190 valence electrons. The van der Waals surface area contributed by atoms with Crippen molar-refractivity contribution in [2.75, 3.05) is 0 Å². The van der Waals surface area contributed by atoms with E-state index in [9.17, 15) is 27.8 Å². The fraction of sp³-hybridized carbons (Fsp3) is 0.0714. The van der Waals surface area contributed by atoms with Crippen LogP contribution in [0.1, 0.15) is 34.3 Å². The smallest absolute Gasteiger partial charge is 0.872 e. The fourth-order valence-electron chi connectivity index (χ4n) is 3.61. The molecule has 9 heteroatoms. The van der Waals surface area contributed by atoms with Gasteiger partial charge in [-0.3, -0.25) is 9.98 Å². The third-order valence-corrected chi connectivity index (χ3v) is 5.48. The predicted octanol–water partition coefficient (Wildman–Crippen LogP) is 5.41. The molecule has 4 aromatic rings. The number of halogens is 4. The van der Waals surface area contributed by atoms with Gasteiger partial charge in [0.1, 0.15) is 35.4 Å². The van der Waals surface area contributed by atoms with Gasteiger partial charge in [-0.2, -0.15) is 0 Å². The summed E-state index contributed by atoms with van der Waals surface area (Å²) in [5.74, 6) is -3.79. The molecule has 0 aliphatic carbocycles. The van der Waals surface area contributed by atoms with E-state index in [-0.39, 0.29) is 32.2 Å². The van der Waals surface area contributed by atoms with Crippen molar-refractivity contribution in [3.05, 3.63) is 130 Å². The summed E-state index contributed by atoms with van der Waals surface area (Å²) in [4.78, 5) is 8.81. The first-order valence-electron chi connectivity index (χ1n) is 10.8. The van der Waals surface area contributed by atoms with E-state index in [0.29, 0.717) is 11.1 Å². The van der Waals surface area contributed by atoms with Crippen LogP contribution in [0.2, 0.25) is 0 Å². The second-order valence-electron chi connectivity index (χ2n) is 7.85. The molecule has 0 amide bonds. The van der Waals surface area contributed by atoms with Crippen LogP contribution in [0.5, 0.6) is 11.5 Å². The summed E-state index contributed by atoms with van der Waals surface area (Å²) in [5.41, 5.74) is 0.280. The van der Waals surface area contributed by atoms with E-state index in [0.717, 1.165) is 24.6 Å². The van der Waals surface area contributed by atoms with Gasteiger partial charge in [0.15, 0.2) is 0 Å². The number of benzene rings is 4. The maximum Gasteiger partial charge on any atom is 2.00 e. The van der Waals surface area contributed by atoms with Crippen molar-refractivity contribution in [3.63, 3.8) is 0 Å². The van der Waals surface area contributed by atoms with Crippen molar-refractivity contribution in [2.24, 2.45) is 9.98 Å². The molecular formula is C28H18F4N2O2Pt. The van der Waals surface area contributed by atoms with Gasteiger partial charge in [-0.25, -0.2) is 17.6 Å². The Morgan fingerprint density at radius 3 is 1.22 bits per heavy atom. The molecule has 0 aliphatic rings. The molecule has 0 radical (unpaired) electrons. The van der Waals surface area contributed by atoms with Crippen molar-refractivity contribution >= 4 is 12.4 Å². The maximum absolute atomic E-state index is 14.3. The molecule has 4 rings (SSSR count). The van der Waals surface area contributed by atoms with Crippen LogP contribution in [0.25, 0.3) is 0 Å². The molecule has 0 N–H and O–H groups in total. The molecule has 0 heterocycles. The van der Waals surface area contributed by atoms with Crippen LogP contribution in [0.3, 0.4) is 0 Å². The van der Waals surface area contributed by atoms with Gasteiger partial charge in [-0.15, -0.1) is 0 Å². The first kappa shape index (κ1) is 27.8. The Balaban J connectivity index is 0.00000380. The Labute approximate surface area is 224 Å². The Morgan fingerprint density at radius 2 is 0.892 bits per heavy atom. The van der Waals surface area contributed by atoms with E-state index in [4.69, 9.17) is 0 Å². The first-order valence-corrected chi connectivity index (χ1v) is 10.8. The Hall–Kier alpha value is -3.77. The van der Waals surface area contributed by atoms with E-state index in [1.807, 2.05) is 0 Å². The fourth-order valence-corrected chi connectivity index (χ4v) is 3.61. The van der Waals surface area contributed by atoms with Crippen LogP contribution in [-0.2, 0) is 21.1 Å². The van der Waals surface area contributed by atoms with Crippen LogP contribution in [0.4, 0.5) is 17.6 Å². The van der Waals surface area contributed by atoms with Gasteiger partial charge < -0.3 is 10.2 Å². The number of aliphatic imine (C=N–C) groups is 2. The van der Waals surface area contributed by atoms with Crippen molar-refractivity contribution in [1.82, 2.24) is 0 Å². The summed E-state index contributed by atoms with van der Waals surface area (Å²) in [7, 11) is 0. The largest absolute Gasteiger partial charge is 2.00 e. The Morgan fingerprint density at radius 1 is 0.541 bits per heavy atom. The normalized spacial score (nSPS) is 13.0. The number of hydrogen-bond acceptors (Lipinski definition) is 4. The molecule has 4 nitrogen and oxygen atoms in total. The number of hydrogen-bond donors (Lipinski definition) is 0. The Kier molecular flexibility index (Phi) is 9.36. The monoisotopic (exact) mass is 685 g/mol. The van der Waals surface area contributed by atoms with Crippen molar-refractivity contribution in [1.29, 1.82) is 0 Å². The number of rotatable bonds is 7. The second kappa shape index (κ2) is 12.5. The van der Waals surface area contributed by atoms with Gasteiger partial charge in [0.05, 0.1) is 0 Å². The van der Waals surface area contributed by atoms with Crippen molar-refractivity contribution in [2.45, 2.75) is 12.1 Å².